The van der Waals surface area contributed by atoms with Crippen molar-refractivity contribution in [3.8, 4) is 11.1 Å². The number of aryl methyl sites for hydroxylation is 1. The van der Waals surface area contributed by atoms with Crippen molar-refractivity contribution < 1.29 is 24.2 Å². The third-order valence-electron chi connectivity index (χ3n) is 6.24. The Kier molecular flexibility index (Phi) is 9.61. The van der Waals surface area contributed by atoms with Gasteiger partial charge in [0.05, 0.1) is 0 Å². The predicted molar refractivity (Wildman–Crippen MR) is 153 cm³/mol. The molecule has 0 amide bonds. The van der Waals surface area contributed by atoms with Gasteiger partial charge < -0.3 is 0 Å². The van der Waals surface area contributed by atoms with Crippen LogP contribution in [0.1, 0.15) is 110 Å². The average Bonchev–Trinajstić information content (AvgIpc) is 3.29. The normalized spacial score (nSPS) is 12.6. The molecule has 0 fully saturated rings. The largest absolute Gasteiger partial charge is 0.207 e. The molecule has 1 heteroatoms. The third-order valence-corrected chi connectivity index (χ3v) is 6.24. The van der Waals surface area contributed by atoms with Crippen LogP contribution >= 0.6 is 0 Å². The van der Waals surface area contributed by atoms with Crippen molar-refractivity contribution in [2.45, 2.75) is 106 Å². The van der Waals surface area contributed by atoms with Gasteiger partial charge in [-0.1, -0.05) is 98.4 Å². The summed E-state index contributed by atoms with van der Waals surface area (Å²) in [5, 5.41) is 0. The molecule has 3 aromatic rings. The fourth-order valence-electron chi connectivity index (χ4n) is 4.06. The predicted octanol–water partition coefficient (Wildman–Crippen LogP) is 9.41. The smallest absolute Gasteiger partial charge is 0.0635 e. The minimum Gasteiger partial charge on any atom is -0.207 e. The van der Waals surface area contributed by atoms with Crippen molar-refractivity contribution in [2.24, 2.45) is 0 Å². The van der Waals surface area contributed by atoms with Gasteiger partial charge in [-0.2, -0.15) is 47.0 Å². The first-order chi connectivity index (χ1) is 15.9. The van der Waals surface area contributed by atoms with E-state index in [-0.39, 0.29) is 10.8 Å². The molecule has 0 unspecified atom stereocenters. The molecule has 4 rings (SSSR count). The molecular weight excluding hydrogens is 500 g/mol. The van der Waals surface area contributed by atoms with Crippen LogP contribution in [0.4, 0.5) is 0 Å². The number of fused-ring (bicyclic) bond motifs is 3. The van der Waals surface area contributed by atoms with E-state index in [4.69, 9.17) is 0 Å². The first kappa shape index (κ1) is 29.8. The van der Waals surface area contributed by atoms with Gasteiger partial charge in [-0.3, -0.25) is 0 Å². The van der Waals surface area contributed by atoms with Crippen molar-refractivity contribution in [1.82, 2.24) is 0 Å². The maximum atomic E-state index is 3.67. The van der Waals surface area contributed by atoms with E-state index in [1.54, 1.807) is 24.2 Å². The van der Waals surface area contributed by atoms with Crippen LogP contribution in [0, 0.1) is 13.0 Å². The zero-order valence-corrected chi connectivity index (χ0v) is 26.8. The van der Waals surface area contributed by atoms with Crippen molar-refractivity contribution in [1.29, 1.82) is 0 Å². The Hall–Kier alpha value is -1.46. The van der Waals surface area contributed by atoms with E-state index >= 15 is 0 Å². The molecule has 0 saturated carbocycles. The quantitative estimate of drug-likeness (QED) is 0.193. The van der Waals surface area contributed by atoms with E-state index in [0.717, 1.165) is 6.42 Å². The van der Waals surface area contributed by atoms with E-state index in [1.165, 1.54) is 47.7 Å². The maximum Gasteiger partial charge on any atom is -0.0635 e. The topological polar surface area (TPSA) is 0 Å². The molecule has 0 spiro atoms. The summed E-state index contributed by atoms with van der Waals surface area (Å²) in [5.74, 6) is 0. The third kappa shape index (κ3) is 8.56. The minimum absolute atomic E-state index is 0.167. The summed E-state index contributed by atoms with van der Waals surface area (Å²) < 4.78 is 1.51. The summed E-state index contributed by atoms with van der Waals surface area (Å²) >= 11 is 1.55. The summed E-state index contributed by atoms with van der Waals surface area (Å²) in [5.41, 5.74) is 11.8. The molecule has 3 aromatic carbocycles. The Labute approximate surface area is 231 Å². The van der Waals surface area contributed by atoms with Crippen LogP contribution < -0.4 is 0 Å². The fraction of sp³-hybridized carbons (Fsp3) is 0.471. The molecule has 0 nitrogen and oxygen atoms in total. The van der Waals surface area contributed by atoms with Gasteiger partial charge >= 0.3 is 41.3 Å². The Morgan fingerprint density at radius 3 is 1.74 bits per heavy atom. The van der Waals surface area contributed by atoms with Gasteiger partial charge in [0, 0.05) is 0 Å². The van der Waals surface area contributed by atoms with Crippen LogP contribution in [0.3, 0.4) is 0 Å². The van der Waals surface area contributed by atoms with Crippen LogP contribution in [0.15, 0.2) is 48.5 Å². The van der Waals surface area contributed by atoms with E-state index in [0.29, 0.717) is 5.41 Å². The number of hydrogen-bond acceptors (Lipinski definition) is 0. The Bertz CT molecular complexity index is 1090. The molecule has 0 saturated heterocycles. The van der Waals surface area contributed by atoms with Gasteiger partial charge in [-0.15, -0.1) is 11.1 Å². The second-order valence-corrected chi connectivity index (χ2v) is 15.7. The van der Waals surface area contributed by atoms with Crippen LogP contribution in [0.25, 0.3) is 11.1 Å². The van der Waals surface area contributed by atoms with Crippen LogP contribution in [0.2, 0.25) is 0 Å². The molecule has 186 valence electrons. The monoisotopic (exact) mass is 544 g/mol. The minimum atomic E-state index is 0.167. The molecule has 1 aliphatic rings. The van der Waals surface area contributed by atoms with Crippen molar-refractivity contribution in [3.63, 3.8) is 0 Å². The summed E-state index contributed by atoms with van der Waals surface area (Å²) in [7, 11) is 0. The van der Waals surface area contributed by atoms with Gasteiger partial charge in [0.15, 0.2) is 0 Å². The van der Waals surface area contributed by atoms with Crippen molar-refractivity contribution in [2.75, 3.05) is 0 Å². The SMILES string of the molecule is CC(C)(C)c1[c-]c2c(cc1)-c1ccc(C(C)(C)C)cc1C2.C[C](C)=[Zr+2].Cc1cc(C(C)(C)C)c[cH-]1. The zero-order chi connectivity index (χ0) is 26.8. The van der Waals surface area contributed by atoms with Crippen LogP contribution in [-0.4, -0.2) is 3.21 Å². The number of benzene rings is 2. The molecule has 1 aliphatic carbocycles. The Balaban J connectivity index is 0.000000257. The van der Waals surface area contributed by atoms with Gasteiger partial charge in [-0.05, 0) is 28.4 Å². The molecule has 0 atom stereocenters. The second-order valence-electron chi connectivity index (χ2n) is 13.2. The summed E-state index contributed by atoms with van der Waals surface area (Å²) in [6.45, 7) is 26.7. The van der Waals surface area contributed by atoms with E-state index in [1.807, 2.05) is 0 Å². The molecule has 0 aromatic heterocycles. The fourth-order valence-corrected chi connectivity index (χ4v) is 4.06. The number of rotatable bonds is 0. The van der Waals surface area contributed by atoms with Gasteiger partial charge in [0.2, 0.25) is 0 Å². The average molecular weight is 546 g/mol. The molecule has 0 N–H and O–H groups in total. The molecule has 0 radical (unpaired) electrons. The molecule has 0 bridgehead atoms. The van der Waals surface area contributed by atoms with Gasteiger partial charge in [0.25, 0.3) is 0 Å². The molecule has 0 aliphatic heterocycles. The Morgan fingerprint density at radius 1 is 0.771 bits per heavy atom. The first-order valence-electron chi connectivity index (χ1n) is 12.8. The number of hydrogen-bond donors (Lipinski definition) is 0. The molecule has 35 heavy (non-hydrogen) atoms. The molecule has 0 heterocycles. The summed E-state index contributed by atoms with van der Waals surface area (Å²) in [6.07, 6.45) is 1.03. The van der Waals surface area contributed by atoms with Gasteiger partial charge in [-0.25, -0.2) is 6.07 Å². The van der Waals surface area contributed by atoms with E-state index < -0.39 is 0 Å². The second kappa shape index (κ2) is 11.3. The van der Waals surface area contributed by atoms with Crippen molar-refractivity contribution in [3.05, 3.63) is 88.0 Å². The van der Waals surface area contributed by atoms with Crippen LogP contribution in [0.5, 0.6) is 0 Å². The summed E-state index contributed by atoms with van der Waals surface area (Å²) in [6, 6.07) is 21.8. The van der Waals surface area contributed by atoms with E-state index in [2.05, 4.69) is 138 Å². The van der Waals surface area contributed by atoms with E-state index in [9.17, 15) is 0 Å². The Morgan fingerprint density at radius 2 is 1.31 bits per heavy atom. The van der Waals surface area contributed by atoms with Gasteiger partial charge in [0.1, 0.15) is 0 Å². The standard InChI is InChI=1S/C21H25.C10H15.C3H6.Zr/c1-20(2,3)16-7-9-18-14(12-16)11-15-13-17(21(4,5)6)8-10-19(15)18;1-8-5-6-9(7-8)10(2,3)4;1-3-2;/h7-10,12H,11H2,1-6H3;5-7H,1-4H3;1-2H3;/q2*-1;;+2. The van der Waals surface area contributed by atoms with Crippen molar-refractivity contribution >= 4 is 3.21 Å². The maximum absolute atomic E-state index is 3.67. The first-order valence-corrected chi connectivity index (χ1v) is 14.1. The van der Waals surface area contributed by atoms with Crippen LogP contribution in [-0.2, 0) is 46.9 Å². The zero-order valence-electron chi connectivity index (χ0n) is 24.3. The summed E-state index contributed by atoms with van der Waals surface area (Å²) in [4.78, 5) is 0. The molecular formula is C34H46Zr.